The number of aliphatic carboxylic acids is 1. The summed E-state index contributed by atoms with van der Waals surface area (Å²) in [5.74, 6) is -1.41. The van der Waals surface area contributed by atoms with Gasteiger partial charge in [0.05, 0.1) is 24.6 Å². The number of nitrogens with zero attached hydrogens (tertiary/aromatic N) is 2. The third kappa shape index (κ3) is 2.50. The first-order chi connectivity index (χ1) is 8.18. The van der Waals surface area contributed by atoms with Crippen molar-refractivity contribution in [3.05, 3.63) is 36.1 Å². The average molecular weight is 232 g/mol. The summed E-state index contributed by atoms with van der Waals surface area (Å²) >= 11 is 0. The van der Waals surface area contributed by atoms with Crippen LogP contribution in [-0.2, 0) is 9.59 Å². The predicted octanol–water partition coefficient (Wildman–Crippen LogP) is 0.610. The molecule has 1 N–H and O–H groups in total. The summed E-state index contributed by atoms with van der Waals surface area (Å²) in [6.07, 6.45) is 9.83. The van der Waals surface area contributed by atoms with Gasteiger partial charge in [0.15, 0.2) is 0 Å². The molecule has 1 atom stereocenters. The summed E-state index contributed by atoms with van der Waals surface area (Å²) in [5, 5.41) is 8.87. The highest BCUT2D eigenvalue weighted by atomic mass is 16.4. The fraction of sp³-hybridized carbons (Fsp3) is 0.250. The van der Waals surface area contributed by atoms with Gasteiger partial charge >= 0.3 is 5.97 Å². The van der Waals surface area contributed by atoms with Crippen molar-refractivity contribution in [1.29, 1.82) is 0 Å². The summed E-state index contributed by atoms with van der Waals surface area (Å²) in [6, 6.07) is 0. The Kier molecular flexibility index (Phi) is 3.18. The van der Waals surface area contributed by atoms with Crippen LogP contribution < -0.4 is 0 Å². The lowest BCUT2D eigenvalue weighted by Gasteiger charge is -2.24. The number of carbonyl (C=O) groups is 2. The van der Waals surface area contributed by atoms with E-state index in [1.165, 1.54) is 11.0 Å². The van der Waals surface area contributed by atoms with Crippen LogP contribution in [0.2, 0.25) is 0 Å². The molecule has 5 heteroatoms. The molecule has 2 rings (SSSR count). The van der Waals surface area contributed by atoms with Gasteiger partial charge in [-0.15, -0.1) is 0 Å². The zero-order valence-electron chi connectivity index (χ0n) is 9.11. The molecule has 17 heavy (non-hydrogen) atoms. The first kappa shape index (κ1) is 11.3. The van der Waals surface area contributed by atoms with E-state index in [0.29, 0.717) is 6.54 Å². The molecule has 88 valence electrons. The van der Waals surface area contributed by atoms with E-state index in [1.807, 2.05) is 0 Å². The van der Waals surface area contributed by atoms with Crippen LogP contribution >= 0.6 is 0 Å². The second kappa shape index (κ2) is 4.78. The van der Waals surface area contributed by atoms with Crippen molar-refractivity contribution in [3.63, 3.8) is 0 Å². The van der Waals surface area contributed by atoms with Gasteiger partial charge in [0.1, 0.15) is 0 Å². The topological polar surface area (TPSA) is 70.0 Å². The maximum Gasteiger partial charge on any atom is 0.333 e. The highest BCUT2D eigenvalue weighted by molar-refractivity contribution is 5.91. The Labute approximate surface area is 98.4 Å². The van der Waals surface area contributed by atoms with E-state index in [9.17, 15) is 9.59 Å². The van der Waals surface area contributed by atoms with E-state index >= 15 is 0 Å². The standard InChI is InChI=1S/C12H12N2O3/c15-11(9-3-1-5-13-7-9)14-6-2-4-10(8-14)12(16)17/h1-6,9H,7-8H2,(H,16,17). The van der Waals surface area contributed by atoms with Crippen molar-refractivity contribution >= 4 is 18.1 Å². The summed E-state index contributed by atoms with van der Waals surface area (Å²) in [5.41, 5.74) is 0.212. The SMILES string of the molecule is O=C(O)C1=CC=CN(C(=O)C2C=CC=NC2)C1. The van der Waals surface area contributed by atoms with Gasteiger partial charge in [-0.1, -0.05) is 6.08 Å². The summed E-state index contributed by atoms with van der Waals surface area (Å²) in [7, 11) is 0. The minimum absolute atomic E-state index is 0.110. The second-order valence-corrected chi connectivity index (χ2v) is 3.81. The Morgan fingerprint density at radius 2 is 2.24 bits per heavy atom. The van der Waals surface area contributed by atoms with Crippen LogP contribution in [0, 0.1) is 5.92 Å². The van der Waals surface area contributed by atoms with Crippen LogP contribution in [0.25, 0.3) is 0 Å². The van der Waals surface area contributed by atoms with Crippen molar-refractivity contribution in [1.82, 2.24) is 4.90 Å². The molecule has 1 amide bonds. The molecule has 0 aromatic heterocycles. The molecular formula is C12H12N2O3. The van der Waals surface area contributed by atoms with Gasteiger partial charge in [-0.2, -0.15) is 0 Å². The van der Waals surface area contributed by atoms with Crippen molar-refractivity contribution in [2.45, 2.75) is 0 Å². The first-order valence-electron chi connectivity index (χ1n) is 5.26. The number of carbonyl (C=O) groups excluding carboxylic acids is 1. The molecule has 5 nitrogen and oxygen atoms in total. The molecule has 2 aliphatic heterocycles. The minimum atomic E-state index is -0.996. The molecule has 0 fully saturated rings. The average Bonchev–Trinajstić information content (AvgIpc) is 2.39. The Bertz CT molecular complexity index is 460. The lowest BCUT2D eigenvalue weighted by molar-refractivity contribution is -0.133. The molecule has 2 aliphatic rings. The van der Waals surface area contributed by atoms with Gasteiger partial charge in [0, 0.05) is 12.4 Å². The van der Waals surface area contributed by atoms with Crippen LogP contribution in [0.15, 0.2) is 41.1 Å². The van der Waals surface area contributed by atoms with Crippen molar-refractivity contribution in [2.24, 2.45) is 10.9 Å². The van der Waals surface area contributed by atoms with Crippen LogP contribution in [-0.4, -0.2) is 41.2 Å². The zero-order chi connectivity index (χ0) is 12.3. The molecular weight excluding hydrogens is 220 g/mol. The zero-order valence-corrected chi connectivity index (χ0v) is 9.11. The van der Waals surface area contributed by atoms with Crippen LogP contribution in [0.1, 0.15) is 0 Å². The Balaban J connectivity index is 2.05. The molecule has 0 aliphatic carbocycles. The van der Waals surface area contributed by atoms with Crippen molar-refractivity contribution in [3.8, 4) is 0 Å². The molecule has 2 heterocycles. The maximum absolute atomic E-state index is 12.1. The van der Waals surface area contributed by atoms with E-state index in [4.69, 9.17) is 5.11 Å². The summed E-state index contributed by atoms with van der Waals surface area (Å²) in [4.78, 5) is 28.3. The fourth-order valence-electron chi connectivity index (χ4n) is 1.70. The first-order valence-corrected chi connectivity index (χ1v) is 5.26. The van der Waals surface area contributed by atoms with Crippen LogP contribution in [0.4, 0.5) is 0 Å². The van der Waals surface area contributed by atoms with Crippen LogP contribution in [0.3, 0.4) is 0 Å². The molecule has 0 saturated carbocycles. The molecule has 0 aromatic carbocycles. The molecule has 0 bridgehead atoms. The highest BCUT2D eigenvalue weighted by Crippen LogP contribution is 2.14. The van der Waals surface area contributed by atoms with Crippen molar-refractivity contribution in [2.75, 3.05) is 13.1 Å². The molecule has 0 radical (unpaired) electrons. The number of dihydropyridines is 1. The highest BCUT2D eigenvalue weighted by Gasteiger charge is 2.24. The van der Waals surface area contributed by atoms with Gasteiger partial charge < -0.3 is 10.0 Å². The predicted molar refractivity (Wildman–Crippen MR) is 62.6 cm³/mol. The van der Waals surface area contributed by atoms with E-state index < -0.39 is 5.97 Å². The molecule has 0 aromatic rings. The number of aliphatic imine (C=N–C) groups is 1. The largest absolute Gasteiger partial charge is 0.478 e. The third-order valence-electron chi connectivity index (χ3n) is 2.62. The van der Waals surface area contributed by atoms with Crippen LogP contribution in [0.5, 0.6) is 0 Å². The maximum atomic E-state index is 12.1. The molecule has 1 unspecified atom stereocenters. The van der Waals surface area contributed by atoms with E-state index in [2.05, 4.69) is 4.99 Å². The van der Waals surface area contributed by atoms with Gasteiger partial charge in [-0.3, -0.25) is 9.79 Å². The summed E-state index contributed by atoms with van der Waals surface area (Å²) < 4.78 is 0. The number of carboxylic acids is 1. The van der Waals surface area contributed by atoms with E-state index in [0.717, 1.165) is 0 Å². The van der Waals surface area contributed by atoms with Gasteiger partial charge in [-0.05, 0) is 18.2 Å². The Morgan fingerprint density at radius 1 is 1.41 bits per heavy atom. The van der Waals surface area contributed by atoms with Gasteiger partial charge in [0.25, 0.3) is 0 Å². The van der Waals surface area contributed by atoms with Crippen molar-refractivity contribution < 1.29 is 14.7 Å². The number of hydrogen-bond acceptors (Lipinski definition) is 3. The Hall–Kier alpha value is -2.17. The third-order valence-corrected chi connectivity index (χ3v) is 2.62. The minimum Gasteiger partial charge on any atom is -0.478 e. The number of rotatable bonds is 2. The normalized spacial score (nSPS) is 22.5. The number of amides is 1. The van der Waals surface area contributed by atoms with Gasteiger partial charge in [0.2, 0.25) is 5.91 Å². The fourth-order valence-corrected chi connectivity index (χ4v) is 1.70. The molecule has 0 saturated heterocycles. The molecule has 0 spiro atoms. The smallest absolute Gasteiger partial charge is 0.333 e. The number of carboxylic acid groups (broad SMARTS) is 1. The number of allylic oxidation sites excluding steroid dienone is 3. The lowest BCUT2D eigenvalue weighted by atomic mass is 10.0. The second-order valence-electron chi connectivity index (χ2n) is 3.81. The van der Waals surface area contributed by atoms with Gasteiger partial charge in [-0.25, -0.2) is 4.79 Å². The van der Waals surface area contributed by atoms with E-state index in [1.54, 1.807) is 30.6 Å². The monoisotopic (exact) mass is 232 g/mol. The number of hydrogen-bond donors (Lipinski definition) is 1. The lowest BCUT2D eigenvalue weighted by Crippen LogP contribution is -2.36. The Morgan fingerprint density at radius 3 is 2.88 bits per heavy atom. The quantitative estimate of drug-likeness (QED) is 0.758. The summed E-state index contributed by atoms with van der Waals surface area (Å²) in [6.45, 7) is 0.532. The van der Waals surface area contributed by atoms with E-state index in [-0.39, 0.29) is 23.9 Å².